The van der Waals surface area contributed by atoms with Gasteiger partial charge in [0.1, 0.15) is 5.76 Å². The molecule has 8 heteroatoms. The van der Waals surface area contributed by atoms with Gasteiger partial charge in [-0.1, -0.05) is 11.6 Å². The summed E-state index contributed by atoms with van der Waals surface area (Å²) in [6, 6.07) is 7.52. The van der Waals surface area contributed by atoms with Gasteiger partial charge in [-0.05, 0) is 44.4 Å². The first-order chi connectivity index (χ1) is 11.2. The topological polar surface area (TPSA) is 79.6 Å². The summed E-state index contributed by atoms with van der Waals surface area (Å²) in [5.41, 5.74) is 0.122. The minimum absolute atomic E-state index is 0.0484. The predicted molar refractivity (Wildman–Crippen MR) is 92.0 cm³/mol. The Balaban J connectivity index is 2.18. The summed E-state index contributed by atoms with van der Waals surface area (Å²) < 4.78 is 28.7. The third-order valence-electron chi connectivity index (χ3n) is 3.56. The number of carbonyl (C=O) groups excluding carboxylic acids is 1. The minimum atomic E-state index is -3.42. The van der Waals surface area contributed by atoms with Gasteiger partial charge in [-0.3, -0.25) is 9.69 Å². The van der Waals surface area contributed by atoms with Crippen LogP contribution in [0.15, 0.2) is 45.9 Å². The zero-order valence-electron chi connectivity index (χ0n) is 13.6. The van der Waals surface area contributed by atoms with Crippen molar-refractivity contribution in [2.24, 2.45) is 0 Å². The molecule has 0 fully saturated rings. The number of nitrogens with one attached hydrogen (secondary N) is 1. The van der Waals surface area contributed by atoms with E-state index in [1.807, 2.05) is 25.1 Å². The maximum absolute atomic E-state index is 12.4. The number of hydrogen-bond acceptors (Lipinski definition) is 5. The Morgan fingerprint density at radius 1 is 1.33 bits per heavy atom. The number of halogens is 1. The summed E-state index contributed by atoms with van der Waals surface area (Å²) in [7, 11) is 0.326. The summed E-state index contributed by atoms with van der Waals surface area (Å²) in [5.74, 6) is 0.278. The van der Waals surface area contributed by atoms with Crippen molar-refractivity contribution < 1.29 is 17.6 Å². The van der Waals surface area contributed by atoms with Crippen LogP contribution >= 0.6 is 11.6 Å². The number of furan rings is 1. The number of amides is 1. The summed E-state index contributed by atoms with van der Waals surface area (Å²) in [6.07, 6.45) is 2.65. The Labute approximate surface area is 146 Å². The van der Waals surface area contributed by atoms with Crippen molar-refractivity contribution in [1.29, 1.82) is 0 Å². The van der Waals surface area contributed by atoms with Crippen LogP contribution in [-0.4, -0.2) is 46.1 Å². The van der Waals surface area contributed by atoms with E-state index in [4.69, 9.17) is 16.0 Å². The van der Waals surface area contributed by atoms with Crippen molar-refractivity contribution in [3.8, 4) is 0 Å². The molecule has 2 aromatic rings. The van der Waals surface area contributed by atoms with Gasteiger partial charge in [0.2, 0.25) is 0 Å². The van der Waals surface area contributed by atoms with Crippen LogP contribution in [0.1, 0.15) is 22.2 Å². The molecule has 0 bridgehead atoms. The molecule has 0 saturated carbocycles. The van der Waals surface area contributed by atoms with Crippen molar-refractivity contribution in [1.82, 2.24) is 10.2 Å². The van der Waals surface area contributed by atoms with Crippen LogP contribution in [-0.2, 0) is 9.84 Å². The van der Waals surface area contributed by atoms with E-state index in [9.17, 15) is 13.2 Å². The quantitative estimate of drug-likeness (QED) is 0.844. The van der Waals surface area contributed by atoms with Crippen LogP contribution in [0.2, 0.25) is 5.02 Å². The average molecular weight is 371 g/mol. The fraction of sp³-hybridized carbons (Fsp3) is 0.312. The highest BCUT2D eigenvalue weighted by molar-refractivity contribution is 7.90. The third kappa shape index (κ3) is 4.37. The first kappa shape index (κ1) is 18.5. The van der Waals surface area contributed by atoms with E-state index < -0.39 is 15.7 Å². The number of benzene rings is 1. The molecule has 0 saturated heterocycles. The smallest absolute Gasteiger partial charge is 0.252 e. The molecule has 2 rings (SSSR count). The zero-order valence-corrected chi connectivity index (χ0v) is 15.2. The average Bonchev–Trinajstić information content (AvgIpc) is 3.00. The van der Waals surface area contributed by atoms with Crippen molar-refractivity contribution >= 4 is 27.3 Å². The first-order valence-corrected chi connectivity index (χ1v) is 9.44. The number of likely N-dealkylation sites (N-methyl/N-ethyl adjacent to an activating group) is 1. The van der Waals surface area contributed by atoms with Gasteiger partial charge in [0, 0.05) is 12.8 Å². The Morgan fingerprint density at radius 2 is 2.04 bits per heavy atom. The largest absolute Gasteiger partial charge is 0.468 e. The lowest BCUT2D eigenvalue weighted by atomic mass is 10.1. The van der Waals surface area contributed by atoms with E-state index in [-0.39, 0.29) is 21.5 Å². The monoisotopic (exact) mass is 370 g/mol. The van der Waals surface area contributed by atoms with Crippen LogP contribution in [0.5, 0.6) is 0 Å². The maximum atomic E-state index is 12.4. The number of hydrogen-bond donors (Lipinski definition) is 1. The lowest BCUT2D eigenvalue weighted by Gasteiger charge is -2.22. The summed E-state index contributed by atoms with van der Waals surface area (Å²) in [5, 5.41) is 2.96. The molecule has 0 radical (unpaired) electrons. The predicted octanol–water partition coefficient (Wildman–Crippen LogP) is 2.37. The molecule has 0 aliphatic heterocycles. The normalized spacial score (nSPS) is 13.0. The molecule has 6 nitrogen and oxygen atoms in total. The van der Waals surface area contributed by atoms with E-state index >= 15 is 0 Å². The lowest BCUT2D eigenvalue weighted by molar-refractivity contribution is 0.0939. The highest BCUT2D eigenvalue weighted by Gasteiger charge is 2.20. The minimum Gasteiger partial charge on any atom is -0.468 e. The van der Waals surface area contributed by atoms with Crippen LogP contribution in [0.4, 0.5) is 0 Å². The third-order valence-corrected chi connectivity index (χ3v) is 5.00. The molecule has 130 valence electrons. The molecule has 1 unspecified atom stereocenters. The van der Waals surface area contributed by atoms with Crippen LogP contribution in [0.25, 0.3) is 0 Å². The number of nitrogens with zero attached hydrogens (tertiary/aromatic N) is 1. The highest BCUT2D eigenvalue weighted by Crippen LogP contribution is 2.22. The molecule has 1 atom stereocenters. The molecule has 0 aliphatic rings. The second-order valence-corrected chi connectivity index (χ2v) is 8.04. The Morgan fingerprint density at radius 3 is 2.58 bits per heavy atom. The molecule has 1 N–H and O–H groups in total. The molecule has 0 spiro atoms. The van der Waals surface area contributed by atoms with Gasteiger partial charge in [0.05, 0.1) is 27.8 Å². The van der Waals surface area contributed by atoms with Crippen molar-refractivity contribution in [2.45, 2.75) is 10.9 Å². The SMILES string of the molecule is CN(C)C(CNC(=O)c1cc(S(C)(=O)=O)ccc1Cl)c1ccco1. The van der Waals surface area contributed by atoms with E-state index in [1.54, 1.807) is 12.3 Å². The fourth-order valence-electron chi connectivity index (χ4n) is 2.21. The zero-order chi connectivity index (χ0) is 17.9. The highest BCUT2D eigenvalue weighted by atomic mass is 35.5. The molecule has 1 heterocycles. The van der Waals surface area contributed by atoms with Gasteiger partial charge < -0.3 is 9.73 Å². The second kappa shape index (κ2) is 7.38. The molecule has 1 aromatic carbocycles. The van der Waals surface area contributed by atoms with E-state index in [2.05, 4.69) is 5.32 Å². The van der Waals surface area contributed by atoms with E-state index in [1.165, 1.54) is 18.2 Å². The van der Waals surface area contributed by atoms with Gasteiger partial charge in [-0.2, -0.15) is 0 Å². The second-order valence-electron chi connectivity index (χ2n) is 5.62. The van der Waals surface area contributed by atoms with Crippen LogP contribution in [0, 0.1) is 0 Å². The standard InChI is InChI=1S/C16H19ClN2O4S/c1-19(2)14(15-5-4-8-23-15)10-18-16(20)12-9-11(24(3,21)22)6-7-13(12)17/h4-9,14H,10H2,1-3H3,(H,18,20). The van der Waals surface area contributed by atoms with Crippen molar-refractivity contribution in [3.05, 3.63) is 52.9 Å². The first-order valence-electron chi connectivity index (χ1n) is 7.18. The van der Waals surface area contributed by atoms with Gasteiger partial charge in [0.15, 0.2) is 9.84 Å². The lowest BCUT2D eigenvalue weighted by Crippen LogP contribution is -2.34. The molecular weight excluding hydrogens is 352 g/mol. The van der Waals surface area contributed by atoms with Crippen molar-refractivity contribution in [2.75, 3.05) is 26.9 Å². The van der Waals surface area contributed by atoms with E-state index in [0.29, 0.717) is 6.54 Å². The van der Waals surface area contributed by atoms with Gasteiger partial charge in [0.25, 0.3) is 5.91 Å². The number of rotatable bonds is 6. The number of sulfone groups is 1. The Bertz CT molecular complexity index is 817. The molecule has 1 amide bonds. The maximum Gasteiger partial charge on any atom is 0.252 e. The Hall–Kier alpha value is -1.83. The van der Waals surface area contributed by atoms with E-state index in [0.717, 1.165) is 12.0 Å². The van der Waals surface area contributed by atoms with Gasteiger partial charge >= 0.3 is 0 Å². The fourth-order valence-corrected chi connectivity index (χ4v) is 3.06. The molecule has 1 aromatic heterocycles. The van der Waals surface area contributed by atoms with Crippen LogP contribution in [0.3, 0.4) is 0 Å². The summed E-state index contributed by atoms with van der Waals surface area (Å²) in [6.45, 7) is 0.290. The Kier molecular flexibility index (Phi) is 5.69. The number of carbonyl (C=O) groups is 1. The van der Waals surface area contributed by atoms with Crippen LogP contribution < -0.4 is 5.32 Å². The van der Waals surface area contributed by atoms with Gasteiger partial charge in [-0.25, -0.2) is 8.42 Å². The van der Waals surface area contributed by atoms with Crippen molar-refractivity contribution in [3.63, 3.8) is 0 Å². The summed E-state index contributed by atoms with van der Waals surface area (Å²) >= 11 is 6.03. The molecule has 0 aliphatic carbocycles. The van der Waals surface area contributed by atoms with Gasteiger partial charge in [-0.15, -0.1) is 0 Å². The molecule has 24 heavy (non-hydrogen) atoms. The molecular formula is C16H19ClN2O4S. The summed E-state index contributed by atoms with van der Waals surface area (Å²) in [4.78, 5) is 14.4.